The molecule has 1 aliphatic rings. The van der Waals surface area contributed by atoms with Gasteiger partial charge in [-0.1, -0.05) is 18.9 Å². The van der Waals surface area contributed by atoms with E-state index in [0.717, 1.165) is 12.5 Å². The quantitative estimate of drug-likeness (QED) is 0.456. The van der Waals surface area contributed by atoms with Crippen molar-refractivity contribution in [2.75, 3.05) is 6.54 Å². The van der Waals surface area contributed by atoms with Gasteiger partial charge in [0.15, 0.2) is 0 Å². The topological polar surface area (TPSA) is 12.0 Å². The van der Waals surface area contributed by atoms with E-state index in [-0.39, 0.29) is 0 Å². The second kappa shape index (κ2) is 4.55. The van der Waals surface area contributed by atoms with E-state index in [1.807, 2.05) is 6.08 Å². The Bertz CT molecular complexity index is 116. The van der Waals surface area contributed by atoms with Crippen LogP contribution in [-0.4, -0.2) is 12.6 Å². The summed E-state index contributed by atoms with van der Waals surface area (Å²) in [5.74, 6) is 1.08. The zero-order valence-corrected chi connectivity index (χ0v) is 7.47. The summed E-state index contributed by atoms with van der Waals surface area (Å²) in [5.41, 5.74) is 0. The molecule has 0 heterocycles. The summed E-state index contributed by atoms with van der Waals surface area (Å²) < 4.78 is 0. The number of hydrogen-bond acceptors (Lipinski definition) is 1. The van der Waals surface area contributed by atoms with E-state index in [0.29, 0.717) is 6.04 Å². The molecule has 11 heavy (non-hydrogen) atoms. The van der Waals surface area contributed by atoms with Gasteiger partial charge in [0, 0.05) is 6.04 Å². The molecular weight excluding hydrogens is 134 g/mol. The van der Waals surface area contributed by atoms with Gasteiger partial charge in [0.05, 0.1) is 0 Å². The Morgan fingerprint density at radius 3 is 2.91 bits per heavy atom. The first kappa shape index (κ1) is 8.79. The zero-order valence-electron chi connectivity index (χ0n) is 7.47. The van der Waals surface area contributed by atoms with Crippen molar-refractivity contribution in [3.63, 3.8) is 0 Å². The molecule has 0 aromatic heterocycles. The van der Waals surface area contributed by atoms with Crippen molar-refractivity contribution in [2.24, 2.45) is 5.92 Å². The van der Waals surface area contributed by atoms with Crippen molar-refractivity contribution in [3.8, 4) is 0 Å². The fraction of sp³-hybridized carbons (Fsp3) is 0.800. The van der Waals surface area contributed by atoms with Crippen LogP contribution in [0.3, 0.4) is 0 Å². The minimum atomic E-state index is 0.481. The molecule has 0 radical (unpaired) electrons. The molecule has 64 valence electrons. The van der Waals surface area contributed by atoms with Crippen LogP contribution in [0.25, 0.3) is 0 Å². The van der Waals surface area contributed by atoms with Gasteiger partial charge in [-0.05, 0) is 32.2 Å². The molecule has 1 N–H and O–H groups in total. The minimum absolute atomic E-state index is 0.481. The van der Waals surface area contributed by atoms with E-state index in [1.165, 1.54) is 25.7 Å². The molecule has 1 unspecified atom stereocenters. The second-order valence-electron chi connectivity index (χ2n) is 3.56. The SMILES string of the molecule is C=CC(C)NCCCC1CC1. The maximum Gasteiger partial charge on any atom is 0.0219 e. The molecule has 1 atom stereocenters. The zero-order chi connectivity index (χ0) is 8.10. The third-order valence-electron chi connectivity index (χ3n) is 2.31. The van der Waals surface area contributed by atoms with Crippen LogP contribution in [0.2, 0.25) is 0 Å². The van der Waals surface area contributed by atoms with Crippen LogP contribution in [0.4, 0.5) is 0 Å². The lowest BCUT2D eigenvalue weighted by molar-refractivity contribution is 0.568. The standard InChI is InChI=1S/C10H19N/c1-3-9(2)11-8-4-5-10-6-7-10/h3,9-11H,1,4-8H2,2H3. The highest BCUT2D eigenvalue weighted by Gasteiger charge is 2.19. The summed E-state index contributed by atoms with van der Waals surface area (Å²) in [6.45, 7) is 7.02. The number of nitrogens with one attached hydrogen (secondary N) is 1. The van der Waals surface area contributed by atoms with Crippen LogP contribution in [0.5, 0.6) is 0 Å². The van der Waals surface area contributed by atoms with E-state index < -0.39 is 0 Å². The van der Waals surface area contributed by atoms with E-state index >= 15 is 0 Å². The van der Waals surface area contributed by atoms with Gasteiger partial charge < -0.3 is 5.32 Å². The average Bonchev–Trinajstić information content (AvgIpc) is 2.81. The molecule has 0 aromatic rings. The van der Waals surface area contributed by atoms with E-state index in [1.54, 1.807) is 0 Å². The smallest absolute Gasteiger partial charge is 0.0219 e. The summed E-state index contributed by atoms with van der Waals surface area (Å²) in [6.07, 6.45) is 7.69. The summed E-state index contributed by atoms with van der Waals surface area (Å²) >= 11 is 0. The molecule has 0 aliphatic heterocycles. The van der Waals surface area contributed by atoms with Crippen molar-refractivity contribution >= 4 is 0 Å². The second-order valence-corrected chi connectivity index (χ2v) is 3.56. The lowest BCUT2D eigenvalue weighted by Gasteiger charge is -2.07. The van der Waals surface area contributed by atoms with E-state index in [2.05, 4.69) is 18.8 Å². The summed E-state index contributed by atoms with van der Waals surface area (Å²) in [5, 5.41) is 3.40. The van der Waals surface area contributed by atoms with Crippen LogP contribution < -0.4 is 5.32 Å². The molecule has 1 saturated carbocycles. The molecule has 1 fully saturated rings. The molecule has 1 heteroatoms. The predicted molar refractivity (Wildman–Crippen MR) is 49.6 cm³/mol. The van der Waals surface area contributed by atoms with Crippen LogP contribution in [0, 0.1) is 5.92 Å². The van der Waals surface area contributed by atoms with Crippen molar-refractivity contribution in [1.29, 1.82) is 0 Å². The first-order chi connectivity index (χ1) is 5.33. The van der Waals surface area contributed by atoms with Crippen LogP contribution >= 0.6 is 0 Å². The van der Waals surface area contributed by atoms with Crippen molar-refractivity contribution < 1.29 is 0 Å². The summed E-state index contributed by atoms with van der Waals surface area (Å²) in [4.78, 5) is 0. The van der Waals surface area contributed by atoms with Crippen molar-refractivity contribution in [1.82, 2.24) is 5.32 Å². The van der Waals surface area contributed by atoms with Gasteiger partial charge in [0.25, 0.3) is 0 Å². The molecule has 0 spiro atoms. The Labute approximate surface area is 69.9 Å². The molecule has 0 aromatic carbocycles. The summed E-state index contributed by atoms with van der Waals surface area (Å²) in [6, 6.07) is 0.481. The molecular formula is C10H19N. The third kappa shape index (κ3) is 4.20. The van der Waals surface area contributed by atoms with E-state index in [4.69, 9.17) is 0 Å². The first-order valence-corrected chi connectivity index (χ1v) is 4.69. The van der Waals surface area contributed by atoms with Crippen LogP contribution in [0.1, 0.15) is 32.6 Å². The lowest BCUT2D eigenvalue weighted by Crippen LogP contribution is -2.24. The van der Waals surface area contributed by atoms with Gasteiger partial charge in [0.1, 0.15) is 0 Å². The van der Waals surface area contributed by atoms with Crippen LogP contribution in [-0.2, 0) is 0 Å². The minimum Gasteiger partial charge on any atom is -0.311 e. The Morgan fingerprint density at radius 2 is 2.36 bits per heavy atom. The normalized spacial score (nSPS) is 19.7. The molecule has 0 saturated heterocycles. The Kier molecular flexibility index (Phi) is 3.64. The number of rotatable bonds is 6. The van der Waals surface area contributed by atoms with Crippen molar-refractivity contribution in [2.45, 2.75) is 38.6 Å². The Balaban J connectivity index is 1.82. The highest BCUT2D eigenvalue weighted by Crippen LogP contribution is 2.33. The molecule has 0 bridgehead atoms. The van der Waals surface area contributed by atoms with Gasteiger partial charge in [-0.2, -0.15) is 0 Å². The van der Waals surface area contributed by atoms with Gasteiger partial charge in [-0.15, -0.1) is 6.58 Å². The van der Waals surface area contributed by atoms with Gasteiger partial charge in [-0.25, -0.2) is 0 Å². The fourth-order valence-electron chi connectivity index (χ4n) is 1.21. The van der Waals surface area contributed by atoms with Gasteiger partial charge in [0.2, 0.25) is 0 Å². The molecule has 1 nitrogen and oxygen atoms in total. The monoisotopic (exact) mass is 153 g/mol. The Hall–Kier alpha value is -0.300. The highest BCUT2D eigenvalue weighted by molar-refractivity contribution is 4.81. The molecule has 1 aliphatic carbocycles. The largest absolute Gasteiger partial charge is 0.311 e. The average molecular weight is 153 g/mol. The van der Waals surface area contributed by atoms with Gasteiger partial charge >= 0.3 is 0 Å². The van der Waals surface area contributed by atoms with Crippen LogP contribution in [0.15, 0.2) is 12.7 Å². The van der Waals surface area contributed by atoms with Gasteiger partial charge in [-0.3, -0.25) is 0 Å². The molecule has 0 amide bonds. The maximum absolute atomic E-state index is 3.72. The number of hydrogen-bond donors (Lipinski definition) is 1. The Morgan fingerprint density at radius 1 is 1.64 bits per heavy atom. The predicted octanol–water partition coefficient (Wildman–Crippen LogP) is 2.34. The first-order valence-electron chi connectivity index (χ1n) is 4.69. The van der Waals surface area contributed by atoms with Crippen molar-refractivity contribution in [3.05, 3.63) is 12.7 Å². The lowest BCUT2D eigenvalue weighted by atomic mass is 10.2. The summed E-state index contributed by atoms with van der Waals surface area (Å²) in [7, 11) is 0. The molecule has 1 rings (SSSR count). The fourth-order valence-corrected chi connectivity index (χ4v) is 1.21. The third-order valence-corrected chi connectivity index (χ3v) is 2.31. The van der Waals surface area contributed by atoms with E-state index in [9.17, 15) is 0 Å². The highest BCUT2D eigenvalue weighted by atomic mass is 14.9. The maximum atomic E-state index is 3.72.